The van der Waals surface area contributed by atoms with Gasteiger partial charge in [-0.15, -0.1) is 11.3 Å². The lowest BCUT2D eigenvalue weighted by Crippen LogP contribution is -2.44. The summed E-state index contributed by atoms with van der Waals surface area (Å²) < 4.78 is 6.35. The molecule has 5 heteroatoms. The lowest BCUT2D eigenvalue weighted by atomic mass is 9.87. The summed E-state index contributed by atoms with van der Waals surface area (Å²) >= 11 is 1.86. The van der Waals surface area contributed by atoms with Crippen molar-refractivity contribution in [1.29, 1.82) is 0 Å². The summed E-state index contributed by atoms with van der Waals surface area (Å²) in [4.78, 5) is 10.9. The van der Waals surface area contributed by atoms with Gasteiger partial charge < -0.3 is 4.74 Å². The van der Waals surface area contributed by atoms with E-state index in [0.29, 0.717) is 6.04 Å². The molecule has 2 aromatic rings. The zero-order valence-corrected chi connectivity index (χ0v) is 15.8. The minimum Gasteiger partial charge on any atom is -0.373 e. The third-order valence-corrected chi connectivity index (χ3v) is 6.54. The van der Waals surface area contributed by atoms with Crippen LogP contribution in [0.5, 0.6) is 0 Å². The minimum atomic E-state index is 0.106. The number of piperidine rings is 1. The van der Waals surface area contributed by atoms with Crippen molar-refractivity contribution in [2.75, 3.05) is 26.7 Å². The molecule has 4 rings (SSSR count). The molecule has 25 heavy (non-hydrogen) atoms. The molecule has 1 spiro atoms. The highest BCUT2D eigenvalue weighted by molar-refractivity contribution is 7.09. The predicted molar refractivity (Wildman–Crippen MR) is 102 cm³/mol. The Morgan fingerprint density at radius 3 is 2.88 bits per heavy atom. The van der Waals surface area contributed by atoms with Crippen LogP contribution < -0.4 is 0 Å². The fourth-order valence-corrected chi connectivity index (χ4v) is 4.82. The summed E-state index contributed by atoms with van der Waals surface area (Å²) in [6.07, 6.45) is 5.35. The number of likely N-dealkylation sites (tertiary alicyclic amines) is 1. The Labute approximate surface area is 154 Å². The number of thiophene rings is 1. The molecule has 1 atom stereocenters. The van der Waals surface area contributed by atoms with Gasteiger partial charge in [0.1, 0.15) is 0 Å². The van der Waals surface area contributed by atoms with Gasteiger partial charge in [0.25, 0.3) is 0 Å². The number of pyridine rings is 1. The third-order valence-electron chi connectivity index (χ3n) is 5.68. The third kappa shape index (κ3) is 4.11. The second-order valence-electron chi connectivity index (χ2n) is 7.44. The van der Waals surface area contributed by atoms with Gasteiger partial charge in [-0.2, -0.15) is 0 Å². The maximum atomic E-state index is 6.35. The second kappa shape index (κ2) is 7.54. The van der Waals surface area contributed by atoms with Crippen LogP contribution in [0.4, 0.5) is 0 Å². The zero-order valence-electron chi connectivity index (χ0n) is 14.9. The molecule has 0 N–H and O–H groups in total. The topological polar surface area (TPSA) is 28.6 Å². The van der Waals surface area contributed by atoms with Crippen LogP contribution in [0.3, 0.4) is 0 Å². The van der Waals surface area contributed by atoms with Crippen molar-refractivity contribution >= 4 is 11.3 Å². The number of aromatic nitrogens is 1. The summed E-state index contributed by atoms with van der Waals surface area (Å²) in [5.41, 5.74) is 1.24. The average Bonchev–Trinajstić information content (AvgIpc) is 3.29. The first kappa shape index (κ1) is 17.2. The van der Waals surface area contributed by atoms with Crippen molar-refractivity contribution < 1.29 is 4.74 Å². The first-order valence-electron chi connectivity index (χ1n) is 9.21. The van der Waals surface area contributed by atoms with Gasteiger partial charge in [0.2, 0.25) is 0 Å². The standard InChI is InChI=1S/C20H27N3OS/c1-22(14-17-5-2-3-9-21-17)18-13-20(24-16-18)7-10-23(11-8-20)15-19-6-4-12-25-19/h2-6,9,12,18H,7-8,10-11,13-16H2,1H3. The normalized spacial score (nSPS) is 23.5. The van der Waals surface area contributed by atoms with Crippen LogP contribution in [-0.2, 0) is 17.8 Å². The minimum absolute atomic E-state index is 0.106. The van der Waals surface area contributed by atoms with E-state index in [-0.39, 0.29) is 5.60 Å². The molecule has 2 saturated heterocycles. The van der Waals surface area contributed by atoms with Gasteiger partial charge in [-0.1, -0.05) is 12.1 Å². The monoisotopic (exact) mass is 357 g/mol. The highest BCUT2D eigenvalue weighted by Gasteiger charge is 2.43. The molecular weight excluding hydrogens is 330 g/mol. The number of likely N-dealkylation sites (N-methyl/N-ethyl adjacent to an activating group) is 1. The van der Waals surface area contributed by atoms with E-state index < -0.39 is 0 Å². The Balaban J connectivity index is 1.28. The number of rotatable bonds is 5. The van der Waals surface area contributed by atoms with Crippen molar-refractivity contribution in [3.8, 4) is 0 Å². The van der Waals surface area contributed by atoms with E-state index in [9.17, 15) is 0 Å². The molecule has 134 valence electrons. The molecule has 0 bridgehead atoms. The maximum absolute atomic E-state index is 6.35. The Bertz CT molecular complexity index is 653. The first-order chi connectivity index (χ1) is 12.2. The number of ether oxygens (including phenoxy) is 1. The molecule has 0 aromatic carbocycles. The van der Waals surface area contributed by atoms with Crippen molar-refractivity contribution in [3.63, 3.8) is 0 Å². The zero-order chi connectivity index (χ0) is 17.1. The highest BCUT2D eigenvalue weighted by atomic mass is 32.1. The van der Waals surface area contributed by atoms with E-state index in [1.54, 1.807) is 0 Å². The highest BCUT2D eigenvalue weighted by Crippen LogP contribution is 2.38. The van der Waals surface area contributed by atoms with Crippen LogP contribution in [0.2, 0.25) is 0 Å². The average molecular weight is 358 g/mol. The summed E-state index contributed by atoms with van der Waals surface area (Å²) in [5.74, 6) is 0. The van der Waals surface area contributed by atoms with E-state index in [2.05, 4.69) is 51.5 Å². The van der Waals surface area contributed by atoms with Gasteiger partial charge in [0.15, 0.2) is 0 Å². The lowest BCUT2D eigenvalue weighted by Gasteiger charge is -2.38. The number of hydrogen-bond donors (Lipinski definition) is 0. The summed E-state index contributed by atoms with van der Waals surface area (Å²) in [6, 6.07) is 11.0. The number of nitrogens with zero attached hydrogens (tertiary/aromatic N) is 3. The molecule has 0 saturated carbocycles. The molecule has 2 aliphatic rings. The largest absolute Gasteiger partial charge is 0.373 e. The molecule has 2 aliphatic heterocycles. The SMILES string of the molecule is CN(Cc1ccccn1)C1COC2(CCN(Cc3cccs3)CC2)C1. The maximum Gasteiger partial charge on any atom is 0.0723 e. The van der Waals surface area contributed by atoms with Gasteiger partial charge in [-0.25, -0.2) is 0 Å². The smallest absolute Gasteiger partial charge is 0.0723 e. The molecule has 4 nitrogen and oxygen atoms in total. The van der Waals surface area contributed by atoms with Gasteiger partial charge >= 0.3 is 0 Å². The van der Waals surface area contributed by atoms with Gasteiger partial charge in [0.05, 0.1) is 17.9 Å². The molecule has 0 aliphatic carbocycles. The molecule has 1 unspecified atom stereocenters. The van der Waals surface area contributed by atoms with Crippen LogP contribution in [0.1, 0.15) is 29.8 Å². The summed E-state index contributed by atoms with van der Waals surface area (Å²) in [6.45, 7) is 5.14. The lowest BCUT2D eigenvalue weighted by molar-refractivity contribution is -0.0451. The van der Waals surface area contributed by atoms with E-state index in [4.69, 9.17) is 4.74 Å². The van der Waals surface area contributed by atoms with Gasteiger partial charge in [-0.05, 0) is 49.9 Å². The van der Waals surface area contributed by atoms with Crippen molar-refractivity contribution in [1.82, 2.24) is 14.8 Å². The van der Waals surface area contributed by atoms with E-state index in [1.165, 1.54) is 4.88 Å². The quantitative estimate of drug-likeness (QED) is 0.820. The molecule has 2 aromatic heterocycles. The summed E-state index contributed by atoms with van der Waals surface area (Å²) in [7, 11) is 2.20. The number of hydrogen-bond acceptors (Lipinski definition) is 5. The van der Waals surface area contributed by atoms with E-state index in [0.717, 1.165) is 57.7 Å². The van der Waals surface area contributed by atoms with Crippen LogP contribution in [0, 0.1) is 0 Å². The van der Waals surface area contributed by atoms with Crippen molar-refractivity contribution in [3.05, 3.63) is 52.5 Å². The van der Waals surface area contributed by atoms with Crippen molar-refractivity contribution in [2.45, 2.75) is 44.0 Å². The van der Waals surface area contributed by atoms with Crippen LogP contribution in [-0.4, -0.2) is 53.2 Å². The van der Waals surface area contributed by atoms with E-state index in [1.807, 2.05) is 23.6 Å². The fraction of sp³-hybridized carbons (Fsp3) is 0.550. The van der Waals surface area contributed by atoms with E-state index >= 15 is 0 Å². The Hall–Kier alpha value is -1.27. The molecule has 0 radical (unpaired) electrons. The molecule has 4 heterocycles. The Kier molecular flexibility index (Phi) is 5.17. The Morgan fingerprint density at radius 2 is 2.16 bits per heavy atom. The Morgan fingerprint density at radius 1 is 1.28 bits per heavy atom. The van der Waals surface area contributed by atoms with Crippen LogP contribution >= 0.6 is 11.3 Å². The summed E-state index contributed by atoms with van der Waals surface area (Å²) in [5, 5.41) is 2.17. The van der Waals surface area contributed by atoms with Gasteiger partial charge in [0, 0.05) is 43.3 Å². The van der Waals surface area contributed by atoms with Crippen LogP contribution in [0.15, 0.2) is 41.9 Å². The molecular formula is C20H27N3OS. The van der Waals surface area contributed by atoms with Crippen molar-refractivity contribution in [2.24, 2.45) is 0 Å². The molecule has 0 amide bonds. The van der Waals surface area contributed by atoms with Gasteiger partial charge in [-0.3, -0.25) is 14.8 Å². The second-order valence-corrected chi connectivity index (χ2v) is 8.48. The van der Waals surface area contributed by atoms with Crippen LogP contribution in [0.25, 0.3) is 0 Å². The fourth-order valence-electron chi connectivity index (χ4n) is 4.07. The first-order valence-corrected chi connectivity index (χ1v) is 10.1. The predicted octanol–water partition coefficient (Wildman–Crippen LogP) is 3.40. The molecule has 2 fully saturated rings.